The number of fused-ring (bicyclic) bond motifs is 5. The van der Waals surface area contributed by atoms with Gasteiger partial charge in [0.25, 0.3) is 0 Å². The summed E-state index contributed by atoms with van der Waals surface area (Å²) in [4.78, 5) is 0. The predicted molar refractivity (Wildman–Crippen MR) is 112 cm³/mol. The van der Waals surface area contributed by atoms with Crippen LogP contribution < -0.4 is 9.47 Å². The van der Waals surface area contributed by atoms with Crippen LogP contribution >= 0.6 is 0 Å². The first kappa shape index (κ1) is 19.2. The molecule has 2 saturated carbocycles. The number of ether oxygens (including phenoxy) is 2. The first-order valence-electron chi connectivity index (χ1n) is 11.0. The van der Waals surface area contributed by atoms with Gasteiger partial charge in [-0.05, 0) is 83.8 Å². The molecule has 27 heavy (non-hydrogen) atoms. The average molecular weight is 371 g/mol. The van der Waals surface area contributed by atoms with Crippen LogP contribution in [0.25, 0.3) is 0 Å². The van der Waals surface area contributed by atoms with Gasteiger partial charge in [0.05, 0.1) is 14.2 Å². The lowest BCUT2D eigenvalue weighted by molar-refractivity contribution is -0.0983. The summed E-state index contributed by atoms with van der Waals surface area (Å²) in [7, 11) is 3.58. The molecule has 0 heterocycles. The predicted octanol–water partition coefficient (Wildman–Crippen LogP) is 6.32. The molecule has 4 atom stereocenters. The van der Waals surface area contributed by atoms with Crippen LogP contribution in [0.5, 0.6) is 11.5 Å². The van der Waals surface area contributed by atoms with Crippen LogP contribution in [0, 0.1) is 22.7 Å². The van der Waals surface area contributed by atoms with Gasteiger partial charge in [0, 0.05) is 5.56 Å². The monoisotopic (exact) mass is 370 g/mol. The van der Waals surface area contributed by atoms with Crippen molar-refractivity contribution in [1.82, 2.24) is 0 Å². The molecule has 0 saturated heterocycles. The fourth-order valence-corrected chi connectivity index (χ4v) is 7.92. The lowest BCUT2D eigenvalue weighted by Crippen LogP contribution is -2.55. The van der Waals surface area contributed by atoms with Gasteiger partial charge in [-0.15, -0.1) is 0 Å². The molecule has 0 aromatic heterocycles. The second-order valence-corrected chi connectivity index (χ2v) is 10.6. The van der Waals surface area contributed by atoms with Gasteiger partial charge in [-0.2, -0.15) is 0 Å². The lowest BCUT2D eigenvalue weighted by Gasteiger charge is -2.61. The van der Waals surface area contributed by atoms with Gasteiger partial charge in [-0.3, -0.25) is 0 Å². The van der Waals surface area contributed by atoms with Gasteiger partial charge in [0.15, 0.2) is 11.5 Å². The Labute approximate surface area is 166 Å². The van der Waals surface area contributed by atoms with E-state index >= 15 is 0 Å². The van der Waals surface area contributed by atoms with E-state index in [9.17, 15) is 0 Å². The van der Waals surface area contributed by atoms with Crippen LogP contribution in [0.4, 0.5) is 0 Å². The van der Waals surface area contributed by atoms with E-state index in [2.05, 4.69) is 40.7 Å². The summed E-state index contributed by atoms with van der Waals surface area (Å²) in [6.45, 7) is 12.5. The quantitative estimate of drug-likeness (QED) is 0.619. The Morgan fingerprint density at radius 3 is 2.37 bits per heavy atom. The molecule has 0 unspecified atom stereocenters. The maximum absolute atomic E-state index is 5.91. The molecular formula is C25H38O2. The van der Waals surface area contributed by atoms with Gasteiger partial charge in [-0.25, -0.2) is 0 Å². The molecule has 0 bridgehead atoms. The number of hydrogen-bond donors (Lipinski definition) is 0. The van der Waals surface area contributed by atoms with Gasteiger partial charge in [-0.1, -0.05) is 41.0 Å². The third-order valence-corrected chi connectivity index (χ3v) is 9.00. The molecule has 2 fully saturated rings. The summed E-state index contributed by atoms with van der Waals surface area (Å²) in [5.41, 5.74) is 5.71. The molecule has 3 aliphatic carbocycles. The standard InChI is InChI=1S/C25H38O2/c1-8-16-14-18(26-6)22(27-7)17-15-20-24(4)12-9-11-23(2,3)19(24)10-13-25(20,5)21(16)17/h14,19-20H,8-13,15H2,1-7H3/t19-,20+,24-,25+/m0/s1. The molecule has 0 radical (unpaired) electrons. The topological polar surface area (TPSA) is 18.5 Å². The Morgan fingerprint density at radius 1 is 1.00 bits per heavy atom. The van der Waals surface area contributed by atoms with Crippen LogP contribution in [-0.4, -0.2) is 14.2 Å². The van der Waals surface area contributed by atoms with Crippen LogP contribution in [0.3, 0.4) is 0 Å². The van der Waals surface area contributed by atoms with Crippen molar-refractivity contribution in [2.45, 2.75) is 85.0 Å². The van der Waals surface area contributed by atoms with Crippen LogP contribution in [-0.2, 0) is 18.3 Å². The Hall–Kier alpha value is -1.18. The molecule has 2 nitrogen and oxygen atoms in total. The lowest BCUT2D eigenvalue weighted by atomic mass is 9.43. The van der Waals surface area contributed by atoms with E-state index < -0.39 is 0 Å². The molecule has 2 heteroatoms. The maximum atomic E-state index is 5.91. The SMILES string of the molecule is CCc1cc(OC)c(OC)c2c1[C@]1(C)CC[C@H]3C(C)(C)CCC[C@]3(C)[C@H]1C2. The molecular weight excluding hydrogens is 332 g/mol. The minimum atomic E-state index is 0.277. The van der Waals surface area contributed by atoms with Crippen molar-refractivity contribution >= 4 is 0 Å². The summed E-state index contributed by atoms with van der Waals surface area (Å²) in [6, 6.07) is 2.25. The average Bonchev–Trinajstić information content (AvgIpc) is 2.94. The van der Waals surface area contributed by atoms with E-state index in [4.69, 9.17) is 9.47 Å². The smallest absolute Gasteiger partial charge is 0.164 e. The molecule has 1 aromatic rings. The zero-order chi connectivity index (χ0) is 19.6. The van der Waals surface area contributed by atoms with Crippen LogP contribution in [0.15, 0.2) is 6.07 Å². The Balaban J connectivity index is 1.89. The first-order chi connectivity index (χ1) is 12.7. The van der Waals surface area contributed by atoms with Crippen molar-refractivity contribution < 1.29 is 9.47 Å². The molecule has 0 aliphatic heterocycles. The maximum Gasteiger partial charge on any atom is 0.164 e. The van der Waals surface area contributed by atoms with Gasteiger partial charge < -0.3 is 9.47 Å². The number of methoxy groups -OCH3 is 2. The molecule has 1 aromatic carbocycles. The summed E-state index contributed by atoms with van der Waals surface area (Å²) in [6.07, 6.45) is 9.06. The zero-order valence-electron chi connectivity index (χ0n) is 18.5. The van der Waals surface area contributed by atoms with Gasteiger partial charge in [0.1, 0.15) is 0 Å². The summed E-state index contributed by atoms with van der Waals surface area (Å²) >= 11 is 0. The third kappa shape index (κ3) is 2.44. The molecule has 3 aliphatic rings. The third-order valence-electron chi connectivity index (χ3n) is 9.00. The Kier molecular flexibility index (Phi) is 4.37. The van der Waals surface area contributed by atoms with Gasteiger partial charge >= 0.3 is 0 Å². The molecule has 0 N–H and O–H groups in total. The number of hydrogen-bond acceptors (Lipinski definition) is 2. The number of benzene rings is 1. The fraction of sp³-hybridized carbons (Fsp3) is 0.760. The molecule has 0 spiro atoms. The minimum Gasteiger partial charge on any atom is -0.493 e. The van der Waals surface area contributed by atoms with E-state index in [1.165, 1.54) is 43.2 Å². The Morgan fingerprint density at radius 2 is 1.74 bits per heavy atom. The highest BCUT2D eigenvalue weighted by Gasteiger charge is 2.61. The summed E-state index contributed by atoms with van der Waals surface area (Å²) < 4.78 is 11.6. The van der Waals surface area contributed by atoms with Crippen LogP contribution in [0.1, 0.15) is 83.4 Å². The fourth-order valence-electron chi connectivity index (χ4n) is 7.92. The van der Waals surface area contributed by atoms with Crippen LogP contribution in [0.2, 0.25) is 0 Å². The van der Waals surface area contributed by atoms with Crippen molar-refractivity contribution in [3.8, 4) is 11.5 Å². The van der Waals surface area contributed by atoms with Crippen molar-refractivity contribution in [3.63, 3.8) is 0 Å². The summed E-state index contributed by atoms with van der Waals surface area (Å²) in [5, 5.41) is 0. The number of rotatable bonds is 3. The highest BCUT2D eigenvalue weighted by atomic mass is 16.5. The van der Waals surface area contributed by atoms with E-state index in [0.717, 1.165) is 30.3 Å². The summed E-state index contributed by atoms with van der Waals surface area (Å²) in [5.74, 6) is 3.46. The van der Waals surface area contributed by atoms with E-state index in [1.54, 1.807) is 12.7 Å². The Bertz CT molecular complexity index is 749. The second-order valence-electron chi connectivity index (χ2n) is 10.6. The minimum absolute atomic E-state index is 0.277. The van der Waals surface area contributed by atoms with Crippen molar-refractivity contribution in [3.05, 3.63) is 22.8 Å². The highest BCUT2D eigenvalue weighted by Crippen LogP contribution is 2.68. The molecule has 150 valence electrons. The second kappa shape index (κ2) is 6.16. The van der Waals surface area contributed by atoms with E-state index in [-0.39, 0.29) is 5.41 Å². The molecule has 0 amide bonds. The normalized spacial score (nSPS) is 36.6. The van der Waals surface area contributed by atoms with Gasteiger partial charge in [0.2, 0.25) is 0 Å². The molecule has 4 rings (SSSR count). The highest BCUT2D eigenvalue weighted by molar-refractivity contribution is 5.60. The largest absolute Gasteiger partial charge is 0.493 e. The van der Waals surface area contributed by atoms with Crippen molar-refractivity contribution in [2.75, 3.05) is 14.2 Å². The van der Waals surface area contributed by atoms with E-state index in [1.807, 2.05) is 7.11 Å². The number of aryl methyl sites for hydroxylation is 1. The van der Waals surface area contributed by atoms with Crippen molar-refractivity contribution in [1.29, 1.82) is 0 Å². The van der Waals surface area contributed by atoms with Crippen molar-refractivity contribution in [2.24, 2.45) is 22.7 Å². The first-order valence-corrected chi connectivity index (χ1v) is 11.0. The van der Waals surface area contributed by atoms with E-state index in [0.29, 0.717) is 16.7 Å². The zero-order valence-corrected chi connectivity index (χ0v) is 18.5.